The van der Waals surface area contributed by atoms with Crippen LogP contribution in [0.4, 0.5) is 0 Å². The molecule has 0 aliphatic rings. The minimum absolute atomic E-state index is 0.525. The molecule has 17 heavy (non-hydrogen) atoms. The van der Waals surface area contributed by atoms with E-state index in [1.165, 1.54) is 17.3 Å². The molecular weight excluding hydrogens is 208 g/mol. The van der Waals surface area contributed by atoms with E-state index in [1.54, 1.807) is 6.92 Å². The van der Waals surface area contributed by atoms with Crippen LogP contribution in [-0.4, -0.2) is 11.9 Å². The summed E-state index contributed by atoms with van der Waals surface area (Å²) in [6, 6.07) is 6.23. The largest absolute Gasteiger partial charge is 0.308 e. The van der Waals surface area contributed by atoms with Crippen molar-refractivity contribution >= 4 is 17.5 Å². The highest BCUT2D eigenvalue weighted by Crippen LogP contribution is 2.25. The molecular formula is C15H20N2. The lowest BCUT2D eigenvalue weighted by molar-refractivity contribution is 1.18. The van der Waals surface area contributed by atoms with Gasteiger partial charge in [0.2, 0.25) is 0 Å². The lowest BCUT2D eigenvalue weighted by atomic mass is 9.91. The fourth-order valence-corrected chi connectivity index (χ4v) is 2.06. The fraction of sp³-hybridized carbons (Fsp3) is 0.333. The monoisotopic (exact) mass is 228 g/mol. The summed E-state index contributed by atoms with van der Waals surface area (Å²) in [5, 5.41) is 15.4. The first-order valence-corrected chi connectivity index (χ1v) is 5.88. The molecule has 0 radical (unpaired) electrons. The lowest BCUT2D eigenvalue weighted by Crippen LogP contribution is -2.03. The summed E-state index contributed by atoms with van der Waals surface area (Å²) in [6.07, 6.45) is 2.15. The number of hydrogen-bond donors (Lipinski definition) is 2. The molecule has 0 unspecified atom stereocenters. The molecule has 2 N–H and O–H groups in total. The Balaban J connectivity index is 3.49. The van der Waals surface area contributed by atoms with Crippen molar-refractivity contribution in [2.45, 2.75) is 34.1 Å². The van der Waals surface area contributed by atoms with Gasteiger partial charge in [-0.25, -0.2) is 0 Å². The van der Waals surface area contributed by atoms with Crippen molar-refractivity contribution in [2.24, 2.45) is 0 Å². The van der Waals surface area contributed by atoms with Gasteiger partial charge in [0.1, 0.15) is 0 Å². The van der Waals surface area contributed by atoms with Crippen LogP contribution in [0.25, 0.3) is 5.57 Å². The summed E-state index contributed by atoms with van der Waals surface area (Å²) >= 11 is 0. The molecule has 2 heteroatoms. The highest BCUT2D eigenvalue weighted by Gasteiger charge is 2.11. The van der Waals surface area contributed by atoms with Crippen LogP contribution in [-0.2, 0) is 0 Å². The van der Waals surface area contributed by atoms with E-state index in [2.05, 4.69) is 32.0 Å². The number of aryl methyl sites for hydroxylation is 2. The lowest BCUT2D eigenvalue weighted by Gasteiger charge is -2.13. The SMILES string of the molecule is CC/C(C=N)=C(/C(C)=N)c1ccc(C)cc1C. The average molecular weight is 228 g/mol. The molecule has 0 aliphatic heterocycles. The topological polar surface area (TPSA) is 47.7 Å². The summed E-state index contributed by atoms with van der Waals surface area (Å²) in [5.41, 5.74) is 5.81. The Hall–Kier alpha value is -1.70. The molecule has 0 amide bonds. The fourth-order valence-electron chi connectivity index (χ4n) is 2.06. The predicted octanol–water partition coefficient (Wildman–Crippen LogP) is 4.16. The first-order valence-electron chi connectivity index (χ1n) is 5.88. The Morgan fingerprint density at radius 2 is 1.94 bits per heavy atom. The third-order valence-electron chi connectivity index (χ3n) is 2.90. The predicted molar refractivity (Wildman–Crippen MR) is 75.3 cm³/mol. The Labute approximate surface area is 103 Å². The van der Waals surface area contributed by atoms with E-state index < -0.39 is 0 Å². The Morgan fingerprint density at radius 1 is 1.29 bits per heavy atom. The molecule has 0 fully saturated rings. The van der Waals surface area contributed by atoms with Crippen LogP contribution in [0, 0.1) is 24.7 Å². The van der Waals surface area contributed by atoms with Gasteiger partial charge in [0.15, 0.2) is 0 Å². The van der Waals surface area contributed by atoms with E-state index in [1.807, 2.05) is 6.92 Å². The number of rotatable bonds is 4. The average Bonchev–Trinajstić information content (AvgIpc) is 2.26. The highest BCUT2D eigenvalue weighted by atomic mass is 14.4. The Bertz CT molecular complexity index is 482. The second-order valence-electron chi connectivity index (χ2n) is 4.34. The standard InChI is InChI=1S/C15H20N2/c1-5-13(9-16)15(12(4)17)14-7-6-10(2)8-11(14)3/h6-9,16-17H,5H2,1-4H3/b15-13+,16-9?,17-12?. The summed E-state index contributed by atoms with van der Waals surface area (Å²) in [5.74, 6) is 0. The van der Waals surface area contributed by atoms with Crippen molar-refractivity contribution in [3.8, 4) is 0 Å². The number of benzene rings is 1. The van der Waals surface area contributed by atoms with Crippen LogP contribution in [0.5, 0.6) is 0 Å². The summed E-state index contributed by atoms with van der Waals surface area (Å²) in [6.45, 7) is 7.93. The van der Waals surface area contributed by atoms with Gasteiger partial charge in [-0.05, 0) is 43.9 Å². The van der Waals surface area contributed by atoms with Gasteiger partial charge in [0.25, 0.3) is 0 Å². The van der Waals surface area contributed by atoms with Crippen LogP contribution in [0.15, 0.2) is 23.8 Å². The molecule has 0 aromatic heterocycles. The van der Waals surface area contributed by atoms with E-state index >= 15 is 0 Å². The Kier molecular flexibility index (Phi) is 4.38. The van der Waals surface area contributed by atoms with Crippen LogP contribution in [0.3, 0.4) is 0 Å². The van der Waals surface area contributed by atoms with E-state index in [4.69, 9.17) is 10.8 Å². The maximum atomic E-state index is 7.92. The van der Waals surface area contributed by atoms with Gasteiger partial charge in [-0.1, -0.05) is 30.7 Å². The van der Waals surface area contributed by atoms with Crippen molar-refractivity contribution in [1.29, 1.82) is 10.8 Å². The first-order chi connectivity index (χ1) is 8.01. The van der Waals surface area contributed by atoms with Crippen molar-refractivity contribution in [3.63, 3.8) is 0 Å². The van der Waals surface area contributed by atoms with Crippen molar-refractivity contribution in [2.75, 3.05) is 0 Å². The van der Waals surface area contributed by atoms with Gasteiger partial charge in [0, 0.05) is 17.5 Å². The van der Waals surface area contributed by atoms with Crippen molar-refractivity contribution < 1.29 is 0 Å². The zero-order valence-corrected chi connectivity index (χ0v) is 11.0. The van der Waals surface area contributed by atoms with E-state index in [0.717, 1.165) is 23.1 Å². The zero-order chi connectivity index (χ0) is 13.0. The third-order valence-corrected chi connectivity index (χ3v) is 2.90. The third kappa shape index (κ3) is 2.90. The van der Waals surface area contributed by atoms with Gasteiger partial charge in [-0.3, -0.25) is 0 Å². The van der Waals surface area contributed by atoms with E-state index in [-0.39, 0.29) is 0 Å². The molecule has 0 heterocycles. The van der Waals surface area contributed by atoms with Crippen molar-refractivity contribution in [3.05, 3.63) is 40.5 Å². The Morgan fingerprint density at radius 3 is 2.35 bits per heavy atom. The molecule has 0 bridgehead atoms. The second kappa shape index (κ2) is 5.58. The second-order valence-corrected chi connectivity index (χ2v) is 4.34. The van der Waals surface area contributed by atoms with Crippen molar-refractivity contribution in [1.82, 2.24) is 0 Å². The maximum Gasteiger partial charge on any atom is 0.0364 e. The van der Waals surface area contributed by atoms with Gasteiger partial charge < -0.3 is 10.8 Å². The molecule has 0 atom stereocenters. The van der Waals surface area contributed by atoms with Crippen LogP contribution in [0.1, 0.15) is 37.0 Å². The minimum Gasteiger partial charge on any atom is -0.308 e. The summed E-state index contributed by atoms with van der Waals surface area (Å²) < 4.78 is 0. The molecule has 0 aliphatic carbocycles. The molecule has 1 aromatic rings. The zero-order valence-electron chi connectivity index (χ0n) is 11.0. The highest BCUT2D eigenvalue weighted by molar-refractivity contribution is 6.25. The number of nitrogens with one attached hydrogen (secondary N) is 2. The van der Waals surface area contributed by atoms with Crippen LogP contribution in [0.2, 0.25) is 0 Å². The molecule has 0 saturated carbocycles. The van der Waals surface area contributed by atoms with E-state index in [9.17, 15) is 0 Å². The quantitative estimate of drug-likeness (QED) is 0.727. The molecule has 1 rings (SSSR count). The number of hydrogen-bond acceptors (Lipinski definition) is 2. The van der Waals surface area contributed by atoms with Crippen LogP contribution < -0.4 is 0 Å². The molecule has 1 aromatic carbocycles. The van der Waals surface area contributed by atoms with Gasteiger partial charge in [-0.15, -0.1) is 0 Å². The molecule has 2 nitrogen and oxygen atoms in total. The first kappa shape index (κ1) is 13.4. The summed E-state index contributed by atoms with van der Waals surface area (Å²) in [4.78, 5) is 0. The smallest absolute Gasteiger partial charge is 0.0364 e. The maximum absolute atomic E-state index is 7.92. The molecule has 0 spiro atoms. The van der Waals surface area contributed by atoms with Crippen LogP contribution >= 0.6 is 0 Å². The normalized spacial score (nSPS) is 12.0. The molecule has 0 saturated heterocycles. The van der Waals surface area contributed by atoms with E-state index in [0.29, 0.717) is 5.71 Å². The molecule has 90 valence electrons. The minimum atomic E-state index is 0.525. The van der Waals surface area contributed by atoms with Gasteiger partial charge in [-0.2, -0.15) is 0 Å². The van der Waals surface area contributed by atoms with Gasteiger partial charge >= 0.3 is 0 Å². The summed E-state index contributed by atoms with van der Waals surface area (Å²) in [7, 11) is 0. The van der Waals surface area contributed by atoms with Gasteiger partial charge in [0.05, 0.1) is 0 Å². The number of allylic oxidation sites excluding steroid dienone is 2.